The van der Waals surface area contributed by atoms with Crippen molar-refractivity contribution in [2.24, 2.45) is 17.3 Å². The van der Waals surface area contributed by atoms with Gasteiger partial charge in [-0.3, -0.25) is 4.18 Å². The van der Waals surface area contributed by atoms with Gasteiger partial charge < -0.3 is 8.92 Å². The van der Waals surface area contributed by atoms with Crippen molar-refractivity contribution in [3.63, 3.8) is 0 Å². The van der Waals surface area contributed by atoms with Gasteiger partial charge in [-0.05, 0) is 131 Å². The number of hydrogen-bond acceptors (Lipinski definition) is 7. The zero-order valence-corrected chi connectivity index (χ0v) is 28.6. The number of aryl methyl sites for hydroxylation is 1. The third kappa shape index (κ3) is 5.27. The number of benzene rings is 5. The van der Waals surface area contributed by atoms with Gasteiger partial charge in [0.05, 0.1) is 18.1 Å². The van der Waals surface area contributed by atoms with E-state index in [0.717, 1.165) is 59.2 Å². The molecule has 3 unspecified atom stereocenters. The number of fused-ring (bicyclic) bond motifs is 7. The summed E-state index contributed by atoms with van der Waals surface area (Å²) in [6.07, 6.45) is 4.67. The lowest BCUT2D eigenvalue weighted by Crippen LogP contribution is -2.45. The first kappa shape index (κ1) is 31.4. The zero-order chi connectivity index (χ0) is 33.3. The normalized spacial score (nSPS) is 25.3. The van der Waals surface area contributed by atoms with E-state index in [9.17, 15) is 16.8 Å². The molecule has 3 aliphatic carbocycles. The van der Waals surface area contributed by atoms with Crippen LogP contribution in [-0.2, 0) is 30.8 Å². The maximum atomic E-state index is 13.6. The molecule has 0 bridgehead atoms. The highest BCUT2D eigenvalue weighted by molar-refractivity contribution is 7.87. The molecule has 0 radical (unpaired) electrons. The molecule has 0 N–H and O–H groups in total. The maximum absolute atomic E-state index is 13.6. The molecule has 0 heterocycles. The minimum absolute atomic E-state index is 0.0910. The fraction of sp³-hybridized carbons (Fsp3) is 0.333. The number of rotatable bonds is 7. The summed E-state index contributed by atoms with van der Waals surface area (Å²) in [5, 5.41) is 3.63. The van der Waals surface area contributed by atoms with Crippen LogP contribution in [0.15, 0.2) is 107 Å². The van der Waals surface area contributed by atoms with E-state index in [-0.39, 0.29) is 33.0 Å². The van der Waals surface area contributed by atoms with Gasteiger partial charge in [-0.1, -0.05) is 67.6 Å². The quantitative estimate of drug-likeness (QED) is 0.159. The van der Waals surface area contributed by atoms with Crippen molar-refractivity contribution in [1.82, 2.24) is 0 Å². The molecule has 0 saturated heterocycles. The van der Waals surface area contributed by atoms with E-state index in [1.165, 1.54) is 12.7 Å². The van der Waals surface area contributed by atoms with E-state index >= 15 is 0 Å². The molecule has 0 aliphatic heterocycles. The Hall–Kier alpha value is -3.92. The van der Waals surface area contributed by atoms with Crippen molar-refractivity contribution in [1.29, 1.82) is 0 Å². The molecule has 8 rings (SSSR count). The standard InChI is InChI=1S/C39H38O7S2/c1-39-20-19-32-33(35(39)17-18-38(39)46-48(42,43)31-15-12-26-8-4-6-10-28(26)22-31)16-13-29-23-37(36(44-2)24-34(29)32)45-47(40,41)30-14-11-25-7-3-5-9-27(25)21-30/h3-12,14-15,21-24,32-33,35,38H,13,16-20H2,1-2H3/t32?,33?,35?,38-,39-/m0/s1. The molecule has 9 heteroatoms. The highest BCUT2D eigenvalue weighted by atomic mass is 32.2. The Morgan fingerprint density at radius 3 is 1.94 bits per heavy atom. The third-order valence-electron chi connectivity index (χ3n) is 11.4. The molecule has 0 amide bonds. The summed E-state index contributed by atoms with van der Waals surface area (Å²) in [6.45, 7) is 2.21. The van der Waals surface area contributed by atoms with Crippen LogP contribution in [0.2, 0.25) is 0 Å². The van der Waals surface area contributed by atoms with Gasteiger partial charge >= 0.3 is 10.1 Å². The van der Waals surface area contributed by atoms with Gasteiger partial charge in [-0.2, -0.15) is 16.8 Å². The molecule has 5 aromatic carbocycles. The highest BCUT2D eigenvalue weighted by Gasteiger charge is 2.56. The van der Waals surface area contributed by atoms with Crippen molar-refractivity contribution >= 4 is 41.8 Å². The van der Waals surface area contributed by atoms with Crippen LogP contribution in [0.5, 0.6) is 11.5 Å². The first-order chi connectivity index (χ1) is 23.1. The Morgan fingerprint density at radius 2 is 1.29 bits per heavy atom. The summed E-state index contributed by atoms with van der Waals surface area (Å²) < 4.78 is 71.5. The SMILES string of the molecule is COc1cc2c(cc1OS(=O)(=O)c1ccc3ccccc3c1)CCC1C2CC[C@@]2(C)C1CC[C@@H]2OS(=O)(=O)c1ccc2ccccc2c1. The average Bonchev–Trinajstić information content (AvgIpc) is 3.42. The van der Waals surface area contributed by atoms with Gasteiger partial charge in [0.2, 0.25) is 0 Å². The van der Waals surface area contributed by atoms with Gasteiger partial charge in [-0.25, -0.2) is 0 Å². The molecule has 0 aromatic heterocycles. The molecule has 5 aromatic rings. The van der Waals surface area contributed by atoms with Crippen LogP contribution in [0.25, 0.3) is 21.5 Å². The number of methoxy groups -OCH3 is 1. The van der Waals surface area contributed by atoms with Gasteiger partial charge in [0.15, 0.2) is 11.5 Å². The average molecular weight is 683 g/mol. The fourth-order valence-corrected chi connectivity index (χ4v) is 11.1. The predicted octanol–water partition coefficient (Wildman–Crippen LogP) is 8.40. The molecule has 2 saturated carbocycles. The lowest BCUT2D eigenvalue weighted by atomic mass is 9.55. The number of ether oxygens (including phenoxy) is 1. The van der Waals surface area contributed by atoms with Crippen molar-refractivity contribution in [3.05, 3.63) is 108 Å². The Balaban J connectivity index is 1.03. The van der Waals surface area contributed by atoms with Crippen LogP contribution in [0.1, 0.15) is 56.1 Å². The van der Waals surface area contributed by atoms with Crippen LogP contribution >= 0.6 is 0 Å². The molecule has 248 valence electrons. The second kappa shape index (κ2) is 11.6. The smallest absolute Gasteiger partial charge is 0.339 e. The van der Waals surface area contributed by atoms with Crippen molar-refractivity contribution in [2.75, 3.05) is 7.11 Å². The topological polar surface area (TPSA) is 96.0 Å². The molecule has 7 nitrogen and oxygen atoms in total. The van der Waals surface area contributed by atoms with E-state index in [4.69, 9.17) is 13.1 Å². The molecule has 0 spiro atoms. The highest BCUT2D eigenvalue weighted by Crippen LogP contribution is 2.62. The Morgan fingerprint density at radius 1 is 0.667 bits per heavy atom. The van der Waals surface area contributed by atoms with Gasteiger partial charge in [-0.15, -0.1) is 0 Å². The molecule has 48 heavy (non-hydrogen) atoms. The van der Waals surface area contributed by atoms with Crippen LogP contribution in [0.4, 0.5) is 0 Å². The van der Waals surface area contributed by atoms with Crippen LogP contribution < -0.4 is 8.92 Å². The van der Waals surface area contributed by atoms with Gasteiger partial charge in [0.25, 0.3) is 10.1 Å². The molecule has 3 aliphatic rings. The van der Waals surface area contributed by atoms with E-state index in [2.05, 4.69) is 6.92 Å². The summed E-state index contributed by atoms with van der Waals surface area (Å²) in [7, 11) is -6.51. The van der Waals surface area contributed by atoms with Crippen LogP contribution in [-0.4, -0.2) is 30.0 Å². The summed E-state index contributed by atoms with van der Waals surface area (Å²) in [5.41, 5.74) is 1.99. The first-order valence-corrected chi connectivity index (χ1v) is 19.4. The Labute approximate surface area is 282 Å². The summed E-state index contributed by atoms with van der Waals surface area (Å²) in [4.78, 5) is 0.287. The number of hydrogen-bond donors (Lipinski definition) is 0. The second-order valence-electron chi connectivity index (χ2n) is 13.8. The molecule has 2 fully saturated rings. The van der Waals surface area contributed by atoms with Crippen LogP contribution in [0, 0.1) is 17.3 Å². The van der Waals surface area contributed by atoms with Gasteiger partial charge in [0, 0.05) is 0 Å². The Bertz CT molecular complexity index is 2280. The summed E-state index contributed by atoms with van der Waals surface area (Å²) in [6, 6.07) is 29.3. The van der Waals surface area contributed by atoms with Crippen molar-refractivity contribution in [3.8, 4) is 11.5 Å². The Kier molecular flexibility index (Phi) is 7.58. The predicted molar refractivity (Wildman–Crippen MR) is 185 cm³/mol. The zero-order valence-electron chi connectivity index (χ0n) is 27.0. The van der Waals surface area contributed by atoms with E-state index in [0.29, 0.717) is 24.0 Å². The largest absolute Gasteiger partial charge is 0.493 e. The van der Waals surface area contributed by atoms with E-state index in [1.807, 2.05) is 66.7 Å². The minimum atomic E-state index is -4.10. The summed E-state index contributed by atoms with van der Waals surface area (Å²) in [5.74, 6) is 1.53. The fourth-order valence-electron chi connectivity index (χ4n) is 8.93. The van der Waals surface area contributed by atoms with E-state index < -0.39 is 20.2 Å². The van der Waals surface area contributed by atoms with Crippen LogP contribution in [0.3, 0.4) is 0 Å². The van der Waals surface area contributed by atoms with Crippen molar-refractivity contribution in [2.45, 2.75) is 67.3 Å². The molecule has 5 atom stereocenters. The monoisotopic (exact) mass is 682 g/mol. The van der Waals surface area contributed by atoms with E-state index in [1.54, 1.807) is 30.3 Å². The molecular weight excluding hydrogens is 645 g/mol. The molecular formula is C39H38O7S2. The minimum Gasteiger partial charge on any atom is -0.493 e. The second-order valence-corrected chi connectivity index (χ2v) is 17.0. The van der Waals surface area contributed by atoms with Gasteiger partial charge in [0.1, 0.15) is 4.90 Å². The lowest BCUT2D eigenvalue weighted by molar-refractivity contribution is -0.00806. The van der Waals surface area contributed by atoms with Crippen molar-refractivity contribution < 1.29 is 29.9 Å². The maximum Gasteiger partial charge on any atom is 0.339 e. The summed E-state index contributed by atoms with van der Waals surface area (Å²) >= 11 is 0. The first-order valence-electron chi connectivity index (χ1n) is 16.6. The lowest BCUT2D eigenvalue weighted by Gasteiger charge is -2.50. The third-order valence-corrected chi connectivity index (χ3v) is 13.9.